The zero-order valence-corrected chi connectivity index (χ0v) is 17.3. The summed E-state index contributed by atoms with van der Waals surface area (Å²) in [4.78, 5) is 16.5. The van der Waals surface area contributed by atoms with Crippen molar-refractivity contribution in [1.82, 2.24) is 19.9 Å². The van der Waals surface area contributed by atoms with E-state index >= 15 is 0 Å². The lowest BCUT2D eigenvalue weighted by Crippen LogP contribution is -2.34. The fourth-order valence-electron chi connectivity index (χ4n) is 3.75. The predicted molar refractivity (Wildman–Crippen MR) is 113 cm³/mol. The molecule has 0 saturated carbocycles. The van der Waals surface area contributed by atoms with E-state index in [9.17, 15) is 13.2 Å². The minimum Gasteiger partial charge on any atom is -0.355 e. The van der Waals surface area contributed by atoms with E-state index in [-0.39, 0.29) is 5.82 Å². The summed E-state index contributed by atoms with van der Waals surface area (Å²) in [5, 5.41) is 0. The maximum Gasteiger partial charge on any atom is 0.433 e. The molecule has 3 heterocycles. The lowest BCUT2D eigenvalue weighted by Gasteiger charge is -2.26. The Bertz CT molecular complexity index is 995. The van der Waals surface area contributed by atoms with Gasteiger partial charge in [0, 0.05) is 56.2 Å². The molecule has 1 saturated heterocycles. The van der Waals surface area contributed by atoms with Crippen LogP contribution in [0, 0.1) is 0 Å². The maximum absolute atomic E-state index is 13.5. The minimum absolute atomic E-state index is 0.0383. The number of hydrogen-bond acceptors (Lipinski definition) is 5. The van der Waals surface area contributed by atoms with Crippen LogP contribution in [0.5, 0.6) is 0 Å². The zero-order chi connectivity index (χ0) is 21.8. The standard InChI is InChI=1S/C23H24F3N5/c1-17-9-11-30(12-13-31(17)16-18-6-3-2-4-7-18)21-14-20(23(24,25)26)28-22(29-21)19-8-5-10-27-15-19/h2-8,10,14-15,17H,9,11-13,16H2,1H3. The number of pyridine rings is 1. The summed E-state index contributed by atoms with van der Waals surface area (Å²) in [6.07, 6.45) is -0.672. The lowest BCUT2D eigenvalue weighted by molar-refractivity contribution is -0.141. The van der Waals surface area contributed by atoms with Gasteiger partial charge >= 0.3 is 6.18 Å². The van der Waals surface area contributed by atoms with Gasteiger partial charge in [0.2, 0.25) is 0 Å². The van der Waals surface area contributed by atoms with Gasteiger partial charge in [-0.1, -0.05) is 30.3 Å². The topological polar surface area (TPSA) is 45.2 Å². The van der Waals surface area contributed by atoms with Crippen molar-refractivity contribution in [2.45, 2.75) is 32.1 Å². The first kappa shape index (κ1) is 21.2. The number of halogens is 3. The van der Waals surface area contributed by atoms with Gasteiger partial charge < -0.3 is 4.90 Å². The predicted octanol–water partition coefficient (Wildman–Crippen LogP) is 4.66. The summed E-state index contributed by atoms with van der Waals surface area (Å²) in [6.45, 7) is 4.94. The maximum atomic E-state index is 13.5. The molecule has 2 aromatic heterocycles. The summed E-state index contributed by atoms with van der Waals surface area (Å²) in [7, 11) is 0. The molecular formula is C23H24F3N5. The first-order chi connectivity index (χ1) is 14.9. The van der Waals surface area contributed by atoms with Crippen LogP contribution in [0.1, 0.15) is 24.6 Å². The number of aromatic nitrogens is 3. The smallest absolute Gasteiger partial charge is 0.355 e. The molecule has 0 amide bonds. The van der Waals surface area contributed by atoms with Gasteiger partial charge in [-0.15, -0.1) is 0 Å². The van der Waals surface area contributed by atoms with E-state index in [0.717, 1.165) is 25.6 Å². The number of benzene rings is 1. The molecule has 3 aromatic rings. The second-order valence-corrected chi connectivity index (χ2v) is 7.76. The summed E-state index contributed by atoms with van der Waals surface area (Å²) in [5.41, 5.74) is 0.751. The Balaban J connectivity index is 1.60. The quantitative estimate of drug-likeness (QED) is 0.606. The molecule has 31 heavy (non-hydrogen) atoms. The van der Waals surface area contributed by atoms with Crippen LogP contribution in [0.25, 0.3) is 11.4 Å². The third-order valence-corrected chi connectivity index (χ3v) is 5.57. The van der Waals surface area contributed by atoms with Crippen LogP contribution in [0.15, 0.2) is 60.9 Å². The number of anilines is 1. The Morgan fingerprint density at radius 1 is 1.00 bits per heavy atom. The zero-order valence-electron chi connectivity index (χ0n) is 17.3. The monoisotopic (exact) mass is 427 g/mol. The van der Waals surface area contributed by atoms with Crippen molar-refractivity contribution in [1.29, 1.82) is 0 Å². The van der Waals surface area contributed by atoms with Gasteiger partial charge in [-0.2, -0.15) is 13.2 Å². The fraction of sp³-hybridized carbons (Fsp3) is 0.348. The van der Waals surface area contributed by atoms with E-state index in [2.05, 4.69) is 38.9 Å². The molecule has 1 unspecified atom stereocenters. The molecule has 162 valence electrons. The molecule has 0 aliphatic carbocycles. The number of rotatable bonds is 4. The molecule has 1 atom stereocenters. The van der Waals surface area contributed by atoms with Gasteiger partial charge in [0.1, 0.15) is 5.82 Å². The van der Waals surface area contributed by atoms with Crippen molar-refractivity contribution in [2.24, 2.45) is 0 Å². The number of nitrogens with zero attached hydrogens (tertiary/aromatic N) is 5. The van der Waals surface area contributed by atoms with E-state index in [1.807, 2.05) is 23.1 Å². The molecule has 0 N–H and O–H groups in total. The summed E-state index contributed by atoms with van der Waals surface area (Å²) in [6, 6.07) is 14.9. The third kappa shape index (κ3) is 5.19. The Hall–Kier alpha value is -3.00. The van der Waals surface area contributed by atoms with Crippen molar-refractivity contribution in [2.75, 3.05) is 24.5 Å². The molecule has 0 radical (unpaired) electrons. The molecule has 1 fully saturated rings. The number of hydrogen-bond donors (Lipinski definition) is 0. The summed E-state index contributed by atoms with van der Waals surface area (Å²) < 4.78 is 40.6. The molecular weight excluding hydrogens is 403 g/mol. The van der Waals surface area contributed by atoms with Gasteiger partial charge in [0.05, 0.1) is 0 Å². The van der Waals surface area contributed by atoms with Crippen molar-refractivity contribution in [3.05, 3.63) is 72.2 Å². The van der Waals surface area contributed by atoms with Crippen LogP contribution in [-0.2, 0) is 12.7 Å². The van der Waals surface area contributed by atoms with Crippen molar-refractivity contribution < 1.29 is 13.2 Å². The highest BCUT2D eigenvalue weighted by atomic mass is 19.4. The molecule has 0 spiro atoms. The Morgan fingerprint density at radius 2 is 1.81 bits per heavy atom. The Labute approximate surface area is 179 Å². The normalized spacial score (nSPS) is 18.1. The molecule has 4 rings (SSSR count). The lowest BCUT2D eigenvalue weighted by atomic mass is 10.1. The average molecular weight is 427 g/mol. The molecule has 1 aliphatic rings. The molecule has 1 aromatic carbocycles. The van der Waals surface area contributed by atoms with Crippen molar-refractivity contribution in [3.63, 3.8) is 0 Å². The minimum atomic E-state index is -4.55. The Morgan fingerprint density at radius 3 is 2.52 bits per heavy atom. The van der Waals surface area contributed by atoms with Crippen molar-refractivity contribution in [3.8, 4) is 11.4 Å². The fourth-order valence-corrected chi connectivity index (χ4v) is 3.75. The second-order valence-electron chi connectivity index (χ2n) is 7.76. The third-order valence-electron chi connectivity index (χ3n) is 5.57. The van der Waals surface area contributed by atoms with Crippen LogP contribution >= 0.6 is 0 Å². The van der Waals surface area contributed by atoms with Gasteiger partial charge in [-0.05, 0) is 31.0 Å². The van der Waals surface area contributed by atoms with E-state index in [0.29, 0.717) is 30.5 Å². The van der Waals surface area contributed by atoms with Crippen LogP contribution < -0.4 is 4.90 Å². The molecule has 0 bridgehead atoms. The SMILES string of the molecule is CC1CCN(c2cc(C(F)(F)F)nc(-c3cccnc3)n2)CCN1Cc1ccccc1. The van der Waals surface area contributed by atoms with Crippen LogP contribution in [0.3, 0.4) is 0 Å². The number of alkyl halides is 3. The average Bonchev–Trinajstić information content (AvgIpc) is 2.96. The summed E-state index contributed by atoms with van der Waals surface area (Å²) >= 11 is 0. The second kappa shape index (κ2) is 9.01. The Kier molecular flexibility index (Phi) is 6.18. The van der Waals surface area contributed by atoms with Crippen LogP contribution in [-0.4, -0.2) is 45.5 Å². The van der Waals surface area contributed by atoms with Gasteiger partial charge in [-0.3, -0.25) is 9.88 Å². The van der Waals surface area contributed by atoms with E-state index in [4.69, 9.17) is 0 Å². The first-order valence-electron chi connectivity index (χ1n) is 10.3. The van der Waals surface area contributed by atoms with Gasteiger partial charge in [0.15, 0.2) is 11.5 Å². The molecule has 1 aliphatic heterocycles. The van der Waals surface area contributed by atoms with Gasteiger partial charge in [-0.25, -0.2) is 9.97 Å². The first-order valence-corrected chi connectivity index (χ1v) is 10.3. The largest absolute Gasteiger partial charge is 0.433 e. The van der Waals surface area contributed by atoms with E-state index < -0.39 is 11.9 Å². The van der Waals surface area contributed by atoms with Crippen LogP contribution in [0.2, 0.25) is 0 Å². The van der Waals surface area contributed by atoms with Crippen LogP contribution in [0.4, 0.5) is 19.0 Å². The molecule has 8 heteroatoms. The summed E-state index contributed by atoms with van der Waals surface area (Å²) in [5.74, 6) is 0.339. The van der Waals surface area contributed by atoms with E-state index in [1.54, 1.807) is 18.3 Å². The van der Waals surface area contributed by atoms with Crippen molar-refractivity contribution >= 4 is 5.82 Å². The van der Waals surface area contributed by atoms with E-state index in [1.165, 1.54) is 11.8 Å². The molecule has 5 nitrogen and oxygen atoms in total. The highest BCUT2D eigenvalue weighted by Gasteiger charge is 2.34. The highest BCUT2D eigenvalue weighted by Crippen LogP contribution is 2.32. The highest BCUT2D eigenvalue weighted by molar-refractivity contribution is 5.57. The van der Waals surface area contributed by atoms with Gasteiger partial charge in [0.25, 0.3) is 0 Å².